The van der Waals surface area contributed by atoms with Crippen LogP contribution in [0.25, 0.3) is 0 Å². The molecule has 2 heterocycles. The van der Waals surface area contributed by atoms with E-state index in [9.17, 15) is 22.8 Å². The van der Waals surface area contributed by atoms with Gasteiger partial charge in [-0.2, -0.15) is 13.2 Å². The topological polar surface area (TPSA) is 158 Å². The maximum atomic E-state index is 12.9. The van der Waals surface area contributed by atoms with E-state index in [4.69, 9.17) is 15.9 Å². The van der Waals surface area contributed by atoms with E-state index < -0.39 is 29.5 Å². The van der Waals surface area contributed by atoms with Crippen molar-refractivity contribution in [3.63, 3.8) is 0 Å². The van der Waals surface area contributed by atoms with Gasteiger partial charge in [-0.25, -0.2) is 19.6 Å². The van der Waals surface area contributed by atoms with Crippen molar-refractivity contribution in [1.82, 2.24) is 14.9 Å². The lowest BCUT2D eigenvalue weighted by molar-refractivity contribution is -0.137. The minimum atomic E-state index is -4.53. The highest BCUT2D eigenvalue weighted by molar-refractivity contribution is 6.16. The van der Waals surface area contributed by atoms with Crippen molar-refractivity contribution < 1.29 is 27.5 Å². The van der Waals surface area contributed by atoms with E-state index in [-0.39, 0.29) is 28.8 Å². The molecule has 4 rings (SSSR count). The fraction of sp³-hybridized carbons (Fsp3) is 0.321. The maximum absolute atomic E-state index is 12.9. The fourth-order valence-electron chi connectivity index (χ4n) is 4.25. The van der Waals surface area contributed by atoms with Gasteiger partial charge in [-0.05, 0) is 57.5 Å². The molecule has 14 heteroatoms. The van der Waals surface area contributed by atoms with Crippen LogP contribution in [0.4, 0.5) is 45.8 Å². The zero-order valence-electron chi connectivity index (χ0n) is 23.2. The molecule has 42 heavy (non-hydrogen) atoms. The van der Waals surface area contributed by atoms with E-state index in [0.29, 0.717) is 36.6 Å². The number of alkyl halides is 3. The first kappa shape index (κ1) is 30.1. The molecule has 0 bridgehead atoms. The van der Waals surface area contributed by atoms with Gasteiger partial charge < -0.3 is 31.3 Å². The van der Waals surface area contributed by atoms with Crippen LogP contribution in [0.15, 0.2) is 54.9 Å². The molecule has 222 valence electrons. The van der Waals surface area contributed by atoms with Crippen molar-refractivity contribution in [1.29, 1.82) is 5.41 Å². The number of hydrogen-bond donors (Lipinski definition) is 5. The van der Waals surface area contributed by atoms with Crippen molar-refractivity contribution >= 4 is 40.8 Å². The van der Waals surface area contributed by atoms with Gasteiger partial charge in [0.1, 0.15) is 23.6 Å². The highest BCUT2D eigenvalue weighted by Gasteiger charge is 2.32. The Labute approximate surface area is 240 Å². The summed E-state index contributed by atoms with van der Waals surface area (Å²) < 4.78 is 44.3. The van der Waals surface area contributed by atoms with Crippen molar-refractivity contribution in [2.75, 3.05) is 34.8 Å². The average molecular weight is 585 g/mol. The zero-order valence-corrected chi connectivity index (χ0v) is 23.2. The molecule has 1 aromatic heterocycles. The number of anilines is 4. The Morgan fingerprint density at radius 3 is 2.40 bits per heavy atom. The van der Waals surface area contributed by atoms with Gasteiger partial charge in [0.05, 0.1) is 16.8 Å². The highest BCUT2D eigenvalue weighted by Crippen LogP contribution is 2.31. The van der Waals surface area contributed by atoms with E-state index in [0.717, 1.165) is 12.1 Å². The van der Waals surface area contributed by atoms with E-state index in [2.05, 4.69) is 25.9 Å². The lowest BCUT2D eigenvalue weighted by atomic mass is 10.0. The van der Waals surface area contributed by atoms with E-state index in [1.165, 1.54) is 18.5 Å². The molecule has 0 saturated carbocycles. The molecule has 11 nitrogen and oxygen atoms in total. The van der Waals surface area contributed by atoms with Crippen molar-refractivity contribution in [3.8, 4) is 0 Å². The van der Waals surface area contributed by atoms with Crippen LogP contribution in [0.3, 0.4) is 0 Å². The summed E-state index contributed by atoms with van der Waals surface area (Å²) in [6.45, 7) is 6.29. The minimum absolute atomic E-state index is 0.0169. The van der Waals surface area contributed by atoms with Crippen molar-refractivity contribution in [3.05, 3.63) is 71.5 Å². The van der Waals surface area contributed by atoms with Gasteiger partial charge in [0, 0.05) is 36.1 Å². The smallest absolute Gasteiger partial charge is 0.416 e. The van der Waals surface area contributed by atoms with E-state index in [1.54, 1.807) is 49.9 Å². The second-order valence-electron chi connectivity index (χ2n) is 10.6. The van der Waals surface area contributed by atoms with Crippen molar-refractivity contribution in [2.45, 2.75) is 45.0 Å². The largest absolute Gasteiger partial charge is 0.444 e. The van der Waals surface area contributed by atoms with E-state index in [1.807, 2.05) is 0 Å². The Bertz CT molecular complexity index is 1470. The molecular formula is C28H31F3N8O3. The van der Waals surface area contributed by atoms with Crippen LogP contribution in [0.2, 0.25) is 0 Å². The lowest BCUT2D eigenvalue weighted by Gasteiger charge is -2.24. The third-order valence-electron chi connectivity index (χ3n) is 6.19. The van der Waals surface area contributed by atoms with Gasteiger partial charge in [0.15, 0.2) is 0 Å². The molecule has 2 aromatic carbocycles. The summed E-state index contributed by atoms with van der Waals surface area (Å²) in [7, 11) is 0. The van der Waals surface area contributed by atoms with Crippen LogP contribution in [0.5, 0.6) is 0 Å². The lowest BCUT2D eigenvalue weighted by Crippen LogP contribution is -2.36. The molecule has 3 aromatic rings. The Morgan fingerprint density at radius 2 is 1.74 bits per heavy atom. The number of carbonyl (C=O) groups is 2. The molecule has 3 amide bonds. The number of rotatable bonds is 6. The SMILES string of the molecule is CC(C)(C)OC(=O)N1CCC(Nc2ncnc(N)c2C(=N)c2ccc(NC(=O)Nc3cccc(C(F)(F)F)c3)cc2)C1. The average Bonchev–Trinajstić information content (AvgIpc) is 3.36. The summed E-state index contributed by atoms with van der Waals surface area (Å²) in [5.74, 6) is 0.424. The summed E-state index contributed by atoms with van der Waals surface area (Å²) in [5.41, 5.74) is 5.72. The predicted octanol–water partition coefficient (Wildman–Crippen LogP) is 5.56. The summed E-state index contributed by atoms with van der Waals surface area (Å²) >= 11 is 0. The number of hydrogen-bond acceptors (Lipinski definition) is 8. The number of ether oxygens (including phenoxy) is 1. The first-order chi connectivity index (χ1) is 19.7. The normalized spacial score (nSPS) is 15.2. The molecule has 1 aliphatic heterocycles. The van der Waals surface area contributed by atoms with Crippen LogP contribution in [0.1, 0.15) is 43.9 Å². The van der Waals surface area contributed by atoms with Gasteiger partial charge >= 0.3 is 18.3 Å². The Kier molecular flexibility index (Phi) is 8.54. The van der Waals surface area contributed by atoms with Crippen LogP contribution in [0, 0.1) is 5.41 Å². The van der Waals surface area contributed by atoms with Gasteiger partial charge in [-0.1, -0.05) is 18.2 Å². The Balaban J connectivity index is 1.41. The van der Waals surface area contributed by atoms with Crippen LogP contribution >= 0.6 is 0 Å². The number of nitrogens with two attached hydrogens (primary N) is 1. The molecule has 6 N–H and O–H groups in total. The molecule has 0 aliphatic carbocycles. The molecule has 1 atom stereocenters. The second kappa shape index (κ2) is 11.9. The quantitative estimate of drug-likeness (QED) is 0.237. The number of urea groups is 1. The third-order valence-corrected chi connectivity index (χ3v) is 6.19. The second-order valence-corrected chi connectivity index (χ2v) is 10.6. The summed E-state index contributed by atoms with van der Waals surface area (Å²) in [6.07, 6.45) is -3.02. The van der Waals surface area contributed by atoms with Gasteiger partial charge in [0.25, 0.3) is 0 Å². The van der Waals surface area contributed by atoms with E-state index >= 15 is 0 Å². The Hall–Kier alpha value is -4.88. The number of amides is 3. The molecule has 1 aliphatic rings. The Morgan fingerprint density at radius 1 is 1.05 bits per heavy atom. The number of nitrogens with zero attached hydrogens (tertiary/aromatic N) is 3. The van der Waals surface area contributed by atoms with Crippen molar-refractivity contribution in [2.24, 2.45) is 0 Å². The minimum Gasteiger partial charge on any atom is -0.444 e. The number of carbonyl (C=O) groups excluding carboxylic acids is 2. The number of nitrogens with one attached hydrogen (secondary N) is 4. The molecule has 1 saturated heterocycles. The first-order valence-electron chi connectivity index (χ1n) is 13.0. The summed E-state index contributed by atoms with van der Waals surface area (Å²) in [5, 5.41) is 17.0. The summed E-state index contributed by atoms with van der Waals surface area (Å²) in [6, 6.07) is 9.65. The number of nitrogen functional groups attached to an aromatic ring is 1. The number of aromatic nitrogens is 2. The highest BCUT2D eigenvalue weighted by atomic mass is 19.4. The molecule has 0 radical (unpaired) electrons. The fourth-order valence-corrected chi connectivity index (χ4v) is 4.25. The predicted molar refractivity (Wildman–Crippen MR) is 153 cm³/mol. The molecule has 0 spiro atoms. The van der Waals surface area contributed by atoms with Crippen LogP contribution in [-0.2, 0) is 10.9 Å². The van der Waals surface area contributed by atoms with Gasteiger partial charge in [0.2, 0.25) is 0 Å². The van der Waals surface area contributed by atoms with Crippen LogP contribution < -0.4 is 21.7 Å². The zero-order chi connectivity index (χ0) is 30.7. The van der Waals surface area contributed by atoms with Gasteiger partial charge in [-0.15, -0.1) is 0 Å². The molecule has 1 fully saturated rings. The third kappa shape index (κ3) is 7.65. The number of likely N-dealkylation sites (tertiary alicyclic amines) is 1. The summed E-state index contributed by atoms with van der Waals surface area (Å²) in [4.78, 5) is 34.7. The standard InChI is InChI=1S/C28H31F3N8O3/c1-27(2,3)42-26(41)39-12-11-20(14-39)36-24-21(23(33)34-15-35-24)22(32)16-7-9-18(10-8-16)37-25(40)38-19-6-4-5-17(13-19)28(29,30)31/h4-10,13,15,20,32H,11-12,14H2,1-3H3,(H2,37,38,40)(H3,33,34,35,36). The van der Waals surface area contributed by atoms with Crippen LogP contribution in [-0.4, -0.2) is 57.4 Å². The van der Waals surface area contributed by atoms with Gasteiger partial charge in [-0.3, -0.25) is 5.41 Å². The number of halogens is 3. The first-order valence-corrected chi connectivity index (χ1v) is 13.0. The molecule has 1 unspecified atom stereocenters. The maximum Gasteiger partial charge on any atom is 0.416 e. The molecular weight excluding hydrogens is 553 g/mol. The monoisotopic (exact) mass is 584 g/mol. The number of benzene rings is 2.